The normalized spacial score (nSPS) is 10.8. The number of rotatable bonds is 8. The summed E-state index contributed by atoms with van der Waals surface area (Å²) in [6.07, 6.45) is 6.60. The predicted octanol–water partition coefficient (Wildman–Crippen LogP) is 3.47. The highest BCUT2D eigenvalue weighted by Gasteiger charge is 2.00. The van der Waals surface area contributed by atoms with E-state index in [4.69, 9.17) is 16.3 Å². The van der Waals surface area contributed by atoms with E-state index in [-0.39, 0.29) is 0 Å². The van der Waals surface area contributed by atoms with Crippen LogP contribution in [0.15, 0.2) is 29.9 Å². The summed E-state index contributed by atoms with van der Waals surface area (Å²) in [6, 6.07) is 4.09. The lowest BCUT2D eigenvalue weighted by molar-refractivity contribution is 0.135. The number of hydrogen-bond acceptors (Lipinski definition) is 4. The molecule has 0 aliphatic carbocycles. The Balaban J connectivity index is 1.55. The number of hydrogen-bond donors (Lipinski definition) is 0. The molecule has 0 bridgehead atoms. The van der Waals surface area contributed by atoms with E-state index in [2.05, 4.69) is 9.97 Å². The highest BCUT2D eigenvalue weighted by atomic mass is 35.5. The van der Waals surface area contributed by atoms with Gasteiger partial charge >= 0.3 is 0 Å². The molecule has 0 fully saturated rings. The van der Waals surface area contributed by atoms with Crippen LogP contribution in [0, 0.1) is 0 Å². The second-order valence-corrected chi connectivity index (χ2v) is 5.40. The summed E-state index contributed by atoms with van der Waals surface area (Å²) in [6.45, 7) is 1.52. The zero-order chi connectivity index (χ0) is 13.3. The molecule has 2 aromatic rings. The van der Waals surface area contributed by atoms with Gasteiger partial charge in [-0.1, -0.05) is 0 Å². The lowest BCUT2D eigenvalue weighted by Gasteiger charge is -2.03. The third-order valence-corrected chi connectivity index (χ3v) is 3.93. The van der Waals surface area contributed by atoms with Crippen LogP contribution in [-0.2, 0) is 23.5 Å². The monoisotopic (exact) mass is 296 g/mol. The molecule has 0 saturated heterocycles. The molecule has 0 aliphatic rings. The minimum atomic E-state index is 0.489. The number of aryl methyl sites for hydroxylation is 1. The SMILES string of the molecule is ClCc1csc(CCOCCCc2ccncc2)n1. The first kappa shape index (κ1) is 14.4. The summed E-state index contributed by atoms with van der Waals surface area (Å²) >= 11 is 7.36. The topological polar surface area (TPSA) is 35.0 Å². The van der Waals surface area contributed by atoms with Gasteiger partial charge in [0, 0.05) is 30.8 Å². The van der Waals surface area contributed by atoms with Crippen molar-refractivity contribution in [2.24, 2.45) is 0 Å². The van der Waals surface area contributed by atoms with Gasteiger partial charge < -0.3 is 4.74 Å². The predicted molar refractivity (Wildman–Crippen MR) is 78.8 cm³/mol. The van der Waals surface area contributed by atoms with Crippen LogP contribution in [0.3, 0.4) is 0 Å². The molecule has 0 aliphatic heterocycles. The second kappa shape index (κ2) is 8.25. The lowest BCUT2D eigenvalue weighted by Crippen LogP contribution is -2.01. The number of alkyl halides is 1. The first-order valence-electron chi connectivity index (χ1n) is 6.34. The van der Waals surface area contributed by atoms with E-state index in [9.17, 15) is 0 Å². The zero-order valence-electron chi connectivity index (χ0n) is 10.7. The van der Waals surface area contributed by atoms with Gasteiger partial charge in [0.1, 0.15) is 0 Å². The average Bonchev–Trinajstić information content (AvgIpc) is 2.92. The molecule has 0 saturated carbocycles. The van der Waals surface area contributed by atoms with E-state index < -0.39 is 0 Å². The van der Waals surface area contributed by atoms with E-state index in [1.165, 1.54) is 5.56 Å². The highest BCUT2D eigenvalue weighted by Crippen LogP contribution is 2.12. The van der Waals surface area contributed by atoms with E-state index in [0.717, 1.165) is 43.2 Å². The Morgan fingerprint density at radius 3 is 2.74 bits per heavy atom. The first-order chi connectivity index (χ1) is 9.38. The van der Waals surface area contributed by atoms with Gasteiger partial charge in [0.15, 0.2) is 0 Å². The molecule has 2 aromatic heterocycles. The molecule has 102 valence electrons. The average molecular weight is 297 g/mol. The Labute approximate surface area is 122 Å². The standard InChI is InChI=1S/C14H17ClN2OS/c15-10-13-11-19-14(17-13)5-9-18-8-1-2-12-3-6-16-7-4-12/h3-4,6-7,11H,1-2,5,8-10H2. The lowest BCUT2D eigenvalue weighted by atomic mass is 10.1. The molecule has 0 unspecified atom stereocenters. The van der Waals surface area contributed by atoms with Crippen LogP contribution in [0.1, 0.15) is 22.7 Å². The fourth-order valence-corrected chi connectivity index (χ4v) is 2.72. The summed E-state index contributed by atoms with van der Waals surface area (Å²) in [5.74, 6) is 0.489. The van der Waals surface area contributed by atoms with Gasteiger partial charge in [-0.15, -0.1) is 22.9 Å². The fourth-order valence-electron chi connectivity index (χ4n) is 1.71. The third kappa shape index (κ3) is 5.27. The van der Waals surface area contributed by atoms with E-state index >= 15 is 0 Å². The molecular formula is C14H17ClN2OS. The molecule has 5 heteroatoms. The molecule has 19 heavy (non-hydrogen) atoms. The molecule has 0 amide bonds. The van der Waals surface area contributed by atoms with Crippen LogP contribution in [0.25, 0.3) is 0 Å². The van der Waals surface area contributed by atoms with Gasteiger partial charge in [0.05, 0.1) is 23.2 Å². The van der Waals surface area contributed by atoms with Crippen LogP contribution in [0.2, 0.25) is 0 Å². The van der Waals surface area contributed by atoms with Gasteiger partial charge in [0.2, 0.25) is 0 Å². The second-order valence-electron chi connectivity index (χ2n) is 4.19. The van der Waals surface area contributed by atoms with Crippen molar-refractivity contribution in [2.75, 3.05) is 13.2 Å². The number of thiazole rings is 1. The van der Waals surface area contributed by atoms with Crippen molar-refractivity contribution >= 4 is 22.9 Å². The molecule has 2 rings (SSSR count). The minimum Gasteiger partial charge on any atom is -0.381 e. The Morgan fingerprint density at radius 2 is 2.00 bits per heavy atom. The Morgan fingerprint density at radius 1 is 1.16 bits per heavy atom. The first-order valence-corrected chi connectivity index (χ1v) is 7.76. The summed E-state index contributed by atoms with van der Waals surface area (Å²) in [4.78, 5) is 8.39. The molecule has 2 heterocycles. The van der Waals surface area contributed by atoms with Crippen LogP contribution in [0.5, 0.6) is 0 Å². The van der Waals surface area contributed by atoms with E-state index in [1.807, 2.05) is 29.9 Å². The van der Waals surface area contributed by atoms with Gasteiger partial charge in [0.25, 0.3) is 0 Å². The minimum absolute atomic E-state index is 0.489. The number of halogens is 1. The molecule has 0 radical (unpaired) electrons. The van der Waals surface area contributed by atoms with Gasteiger partial charge in [-0.3, -0.25) is 4.98 Å². The van der Waals surface area contributed by atoms with Gasteiger partial charge in [-0.05, 0) is 30.5 Å². The van der Waals surface area contributed by atoms with Gasteiger partial charge in [-0.2, -0.15) is 0 Å². The summed E-state index contributed by atoms with van der Waals surface area (Å²) < 4.78 is 5.62. The van der Waals surface area contributed by atoms with E-state index in [0.29, 0.717) is 5.88 Å². The summed E-state index contributed by atoms with van der Waals surface area (Å²) in [5, 5.41) is 3.11. The molecule has 0 spiro atoms. The quantitative estimate of drug-likeness (QED) is 0.553. The maximum atomic E-state index is 5.71. The van der Waals surface area contributed by atoms with Crippen LogP contribution in [-0.4, -0.2) is 23.2 Å². The van der Waals surface area contributed by atoms with Crippen LogP contribution in [0.4, 0.5) is 0 Å². The molecule has 0 N–H and O–H groups in total. The maximum absolute atomic E-state index is 5.71. The number of pyridine rings is 1. The number of nitrogens with zero attached hydrogens (tertiary/aromatic N) is 2. The fraction of sp³-hybridized carbons (Fsp3) is 0.429. The molecule has 0 atom stereocenters. The van der Waals surface area contributed by atoms with Crippen molar-refractivity contribution in [1.82, 2.24) is 9.97 Å². The highest BCUT2D eigenvalue weighted by molar-refractivity contribution is 7.09. The smallest absolute Gasteiger partial charge is 0.0951 e. The Bertz CT molecular complexity index is 475. The van der Waals surface area contributed by atoms with Crippen molar-refractivity contribution in [1.29, 1.82) is 0 Å². The van der Waals surface area contributed by atoms with Crippen molar-refractivity contribution < 1.29 is 4.74 Å². The van der Waals surface area contributed by atoms with Gasteiger partial charge in [-0.25, -0.2) is 4.98 Å². The molecule has 0 aromatic carbocycles. The summed E-state index contributed by atoms with van der Waals surface area (Å²) in [7, 11) is 0. The van der Waals surface area contributed by atoms with Crippen LogP contribution < -0.4 is 0 Å². The Hall–Kier alpha value is -0.970. The van der Waals surface area contributed by atoms with E-state index in [1.54, 1.807) is 11.3 Å². The van der Waals surface area contributed by atoms with Crippen molar-refractivity contribution in [2.45, 2.75) is 25.1 Å². The molecular weight excluding hydrogens is 280 g/mol. The maximum Gasteiger partial charge on any atom is 0.0951 e. The summed E-state index contributed by atoms with van der Waals surface area (Å²) in [5.41, 5.74) is 2.27. The van der Waals surface area contributed by atoms with Crippen molar-refractivity contribution in [3.8, 4) is 0 Å². The molecule has 3 nitrogen and oxygen atoms in total. The Kier molecular flexibility index (Phi) is 6.27. The third-order valence-electron chi connectivity index (χ3n) is 2.70. The number of aromatic nitrogens is 2. The van der Waals surface area contributed by atoms with Crippen molar-refractivity contribution in [3.05, 3.63) is 46.2 Å². The van der Waals surface area contributed by atoms with Crippen molar-refractivity contribution in [3.63, 3.8) is 0 Å². The van der Waals surface area contributed by atoms with Crippen LogP contribution >= 0.6 is 22.9 Å². The number of ether oxygens (including phenoxy) is 1. The largest absolute Gasteiger partial charge is 0.381 e. The zero-order valence-corrected chi connectivity index (χ0v) is 12.3.